The molecule has 0 aliphatic carbocycles. The average molecular weight is 287 g/mol. The minimum absolute atomic E-state index is 0.415. The van der Waals surface area contributed by atoms with Gasteiger partial charge in [-0.15, -0.1) is 0 Å². The van der Waals surface area contributed by atoms with Crippen molar-refractivity contribution in [1.82, 2.24) is 16.0 Å². The molecule has 1 unspecified atom stereocenters. The molecule has 0 aliphatic rings. The van der Waals surface area contributed by atoms with Gasteiger partial charge in [0.15, 0.2) is 0 Å². The molecule has 0 fully saturated rings. The second-order valence-corrected chi connectivity index (χ2v) is 5.77. The van der Waals surface area contributed by atoms with E-state index in [1.165, 1.54) is 0 Å². The van der Waals surface area contributed by atoms with Crippen molar-refractivity contribution in [3.8, 4) is 0 Å². The van der Waals surface area contributed by atoms with Crippen LogP contribution in [-0.2, 0) is 9.59 Å². The number of amides is 3. The predicted molar refractivity (Wildman–Crippen MR) is 75.3 cm³/mol. The third-order valence-electron chi connectivity index (χ3n) is 3.64. The van der Waals surface area contributed by atoms with Crippen LogP contribution in [0.2, 0.25) is 0 Å². The van der Waals surface area contributed by atoms with Gasteiger partial charge in [-0.25, -0.2) is 4.79 Å². The van der Waals surface area contributed by atoms with Crippen LogP contribution in [0.1, 0.15) is 41.5 Å². The van der Waals surface area contributed by atoms with Crippen molar-refractivity contribution in [3.05, 3.63) is 0 Å². The van der Waals surface area contributed by atoms with Crippen molar-refractivity contribution in [2.75, 3.05) is 6.54 Å². The molecular weight excluding hydrogens is 262 g/mol. The third-order valence-corrected chi connectivity index (χ3v) is 3.64. The minimum atomic E-state index is -1.08. The first-order chi connectivity index (χ1) is 8.95. The van der Waals surface area contributed by atoms with Gasteiger partial charge < -0.3 is 10.4 Å². The Morgan fingerprint density at radius 1 is 1.15 bits per heavy atom. The summed E-state index contributed by atoms with van der Waals surface area (Å²) in [5.74, 6) is -1.48. The summed E-state index contributed by atoms with van der Waals surface area (Å²) in [4.78, 5) is 34.4. The lowest BCUT2D eigenvalue weighted by Gasteiger charge is -2.40. The van der Waals surface area contributed by atoms with E-state index in [0.29, 0.717) is 6.54 Å². The predicted octanol–water partition coefficient (Wildman–Crippen LogP) is 0.700. The summed E-state index contributed by atoms with van der Waals surface area (Å²) >= 11 is 0. The van der Waals surface area contributed by atoms with Crippen LogP contribution in [0.4, 0.5) is 4.79 Å². The highest BCUT2D eigenvalue weighted by Gasteiger charge is 2.44. The fourth-order valence-electron chi connectivity index (χ4n) is 1.48. The Bertz CT molecular complexity index is 391. The molecule has 0 aromatic carbocycles. The molecule has 0 bridgehead atoms. The molecule has 7 nitrogen and oxygen atoms in total. The first-order valence-electron chi connectivity index (χ1n) is 6.55. The molecule has 0 radical (unpaired) electrons. The summed E-state index contributed by atoms with van der Waals surface area (Å²) < 4.78 is 0. The van der Waals surface area contributed by atoms with Crippen molar-refractivity contribution < 1.29 is 19.5 Å². The number of aliphatic carboxylic acids is 1. The Labute approximate surface area is 119 Å². The highest BCUT2D eigenvalue weighted by atomic mass is 16.4. The topological polar surface area (TPSA) is 108 Å². The molecule has 0 aliphatic heterocycles. The number of carbonyl (C=O) groups excluding carboxylic acids is 2. The molecule has 116 valence electrons. The van der Waals surface area contributed by atoms with E-state index in [1.54, 1.807) is 41.5 Å². The zero-order chi connectivity index (χ0) is 16.1. The Kier molecular flexibility index (Phi) is 6.15. The van der Waals surface area contributed by atoms with Crippen LogP contribution in [-0.4, -0.2) is 41.1 Å². The maximum Gasteiger partial charge on any atom is 0.321 e. The van der Waals surface area contributed by atoms with Gasteiger partial charge in [0.05, 0.1) is 11.5 Å². The summed E-state index contributed by atoms with van der Waals surface area (Å²) in [6.07, 6.45) is 0. The van der Waals surface area contributed by atoms with Gasteiger partial charge in [0.1, 0.15) is 0 Å². The number of hydrogen-bond donors (Lipinski definition) is 4. The van der Waals surface area contributed by atoms with Gasteiger partial charge in [-0.2, -0.15) is 0 Å². The van der Waals surface area contributed by atoms with Crippen molar-refractivity contribution in [3.63, 3.8) is 0 Å². The number of carbonyl (C=O) groups is 3. The van der Waals surface area contributed by atoms with E-state index in [-0.39, 0.29) is 0 Å². The molecule has 0 aromatic heterocycles. The Hall–Kier alpha value is -1.63. The van der Waals surface area contributed by atoms with Crippen LogP contribution < -0.4 is 16.0 Å². The molecule has 0 heterocycles. The molecular formula is C13H25N3O4. The molecule has 0 saturated heterocycles. The lowest BCUT2D eigenvalue weighted by atomic mass is 9.74. The third kappa shape index (κ3) is 4.48. The quantitative estimate of drug-likeness (QED) is 0.575. The van der Waals surface area contributed by atoms with Gasteiger partial charge >= 0.3 is 12.0 Å². The lowest BCUT2D eigenvalue weighted by Crippen LogP contribution is -2.61. The van der Waals surface area contributed by atoms with Crippen LogP contribution in [0, 0.1) is 5.41 Å². The second-order valence-electron chi connectivity index (χ2n) is 5.77. The van der Waals surface area contributed by atoms with Gasteiger partial charge in [0.25, 0.3) is 0 Å². The highest BCUT2D eigenvalue weighted by Crippen LogP contribution is 2.31. The second kappa shape index (κ2) is 6.69. The minimum Gasteiger partial charge on any atom is -0.481 e. The Balaban J connectivity index is 4.74. The van der Waals surface area contributed by atoms with E-state index in [1.807, 2.05) is 0 Å². The monoisotopic (exact) mass is 287 g/mol. The van der Waals surface area contributed by atoms with Crippen molar-refractivity contribution >= 4 is 17.9 Å². The van der Waals surface area contributed by atoms with E-state index >= 15 is 0 Å². The van der Waals surface area contributed by atoms with Gasteiger partial charge in [0.2, 0.25) is 5.91 Å². The van der Waals surface area contributed by atoms with E-state index in [4.69, 9.17) is 0 Å². The van der Waals surface area contributed by atoms with Gasteiger partial charge in [-0.05, 0) is 41.5 Å². The van der Waals surface area contributed by atoms with Crippen LogP contribution in [0.5, 0.6) is 0 Å². The van der Waals surface area contributed by atoms with Crippen LogP contribution in [0.15, 0.2) is 0 Å². The van der Waals surface area contributed by atoms with Gasteiger partial charge in [-0.1, -0.05) is 0 Å². The van der Waals surface area contributed by atoms with E-state index in [0.717, 1.165) is 0 Å². The maximum atomic E-state index is 11.8. The number of rotatable bonds is 6. The summed E-state index contributed by atoms with van der Waals surface area (Å²) in [6.45, 7) is 10.3. The smallest absolute Gasteiger partial charge is 0.321 e. The Morgan fingerprint density at radius 3 is 2.05 bits per heavy atom. The molecule has 1 atom stereocenters. The van der Waals surface area contributed by atoms with Crippen LogP contribution in [0.25, 0.3) is 0 Å². The number of nitrogens with one attached hydrogen (secondary N) is 3. The normalized spacial score (nSPS) is 13.5. The maximum absolute atomic E-state index is 11.8. The highest BCUT2D eigenvalue weighted by molar-refractivity contribution is 5.96. The van der Waals surface area contributed by atoms with Crippen molar-refractivity contribution in [2.45, 2.75) is 53.1 Å². The van der Waals surface area contributed by atoms with E-state index in [9.17, 15) is 19.5 Å². The number of urea groups is 1. The fourth-order valence-corrected chi connectivity index (χ4v) is 1.48. The van der Waals surface area contributed by atoms with Crippen LogP contribution in [0.3, 0.4) is 0 Å². The molecule has 4 N–H and O–H groups in total. The van der Waals surface area contributed by atoms with Gasteiger partial charge in [0, 0.05) is 12.1 Å². The molecule has 0 rings (SSSR count). The van der Waals surface area contributed by atoms with E-state index < -0.39 is 34.9 Å². The lowest BCUT2D eigenvalue weighted by molar-refractivity contribution is -0.151. The largest absolute Gasteiger partial charge is 0.481 e. The summed E-state index contributed by atoms with van der Waals surface area (Å²) in [5, 5.41) is 16.8. The molecule has 0 saturated carbocycles. The summed E-state index contributed by atoms with van der Waals surface area (Å²) in [5.41, 5.74) is -1.91. The van der Waals surface area contributed by atoms with Gasteiger partial charge in [-0.3, -0.25) is 20.2 Å². The Morgan fingerprint density at radius 2 is 1.65 bits per heavy atom. The number of carboxylic acids is 1. The summed E-state index contributed by atoms with van der Waals surface area (Å²) in [7, 11) is 0. The molecule has 0 aromatic rings. The zero-order valence-electron chi connectivity index (χ0n) is 13.0. The molecule has 7 heteroatoms. The van der Waals surface area contributed by atoms with Crippen molar-refractivity contribution in [1.29, 1.82) is 0 Å². The fraction of sp³-hybridized carbons (Fsp3) is 0.769. The first-order valence-corrected chi connectivity index (χ1v) is 6.55. The first kappa shape index (κ1) is 18.4. The zero-order valence-corrected chi connectivity index (χ0v) is 13.0. The molecule has 0 spiro atoms. The number of imide groups is 1. The SMILES string of the molecule is CCNC(=O)NC(=O)C(C)NC(C)(C)C(C)(C)C(=O)O. The summed E-state index contributed by atoms with van der Waals surface area (Å²) in [6, 6.07) is -1.27. The average Bonchev–Trinajstić information content (AvgIpc) is 2.27. The molecule has 20 heavy (non-hydrogen) atoms. The number of hydrogen-bond acceptors (Lipinski definition) is 4. The standard InChI is InChI=1S/C13H25N3O4/c1-7-14-11(20)15-9(17)8(2)16-13(5,6)12(3,4)10(18)19/h8,16H,7H2,1-6H3,(H,18,19)(H2,14,15,17,20). The van der Waals surface area contributed by atoms with Crippen molar-refractivity contribution in [2.24, 2.45) is 5.41 Å². The van der Waals surface area contributed by atoms with Crippen LogP contribution >= 0.6 is 0 Å². The molecule has 3 amide bonds. The number of carboxylic acid groups (broad SMARTS) is 1. The van der Waals surface area contributed by atoms with E-state index in [2.05, 4.69) is 16.0 Å².